The topological polar surface area (TPSA) is 73.0 Å². The highest BCUT2D eigenvalue weighted by Gasteiger charge is 2.22. The van der Waals surface area contributed by atoms with E-state index in [4.69, 9.17) is 4.42 Å². The van der Waals surface area contributed by atoms with Crippen molar-refractivity contribution in [3.8, 4) is 0 Å². The van der Waals surface area contributed by atoms with E-state index in [2.05, 4.69) is 20.1 Å². The van der Waals surface area contributed by atoms with Gasteiger partial charge in [-0.1, -0.05) is 6.42 Å². The van der Waals surface area contributed by atoms with Gasteiger partial charge in [0.05, 0.1) is 12.3 Å². The Bertz CT molecular complexity index is 644. The van der Waals surface area contributed by atoms with Crippen molar-refractivity contribution >= 4 is 5.91 Å². The third-order valence-electron chi connectivity index (χ3n) is 3.94. The number of amides is 1. The quantitative estimate of drug-likeness (QED) is 0.941. The number of carbonyl (C=O) groups excluding carboxylic acids is 1. The van der Waals surface area contributed by atoms with Crippen molar-refractivity contribution in [2.75, 3.05) is 0 Å². The van der Waals surface area contributed by atoms with Gasteiger partial charge < -0.3 is 14.3 Å². The highest BCUT2D eigenvalue weighted by molar-refractivity contribution is 5.92. The van der Waals surface area contributed by atoms with Gasteiger partial charge in [0.1, 0.15) is 5.82 Å². The lowest BCUT2D eigenvalue weighted by Crippen LogP contribution is -2.29. The van der Waals surface area contributed by atoms with Gasteiger partial charge in [-0.3, -0.25) is 4.79 Å². The SMILES string of the molecule is Cc1ccoc1C(=O)N[C@H](C)c1nnc2n1CCCCC2. The first-order chi connectivity index (χ1) is 10.2. The minimum absolute atomic E-state index is 0.193. The number of hydrogen-bond acceptors (Lipinski definition) is 4. The van der Waals surface area contributed by atoms with E-state index < -0.39 is 0 Å². The van der Waals surface area contributed by atoms with Crippen LogP contribution in [0.2, 0.25) is 0 Å². The van der Waals surface area contributed by atoms with Crippen LogP contribution in [0.25, 0.3) is 0 Å². The molecule has 0 aromatic carbocycles. The number of aryl methyl sites for hydroxylation is 2. The second-order valence-electron chi connectivity index (χ2n) is 5.56. The molecular formula is C15H20N4O2. The average molecular weight is 288 g/mol. The molecular weight excluding hydrogens is 268 g/mol. The van der Waals surface area contributed by atoms with Crippen LogP contribution in [0.4, 0.5) is 0 Å². The fraction of sp³-hybridized carbons (Fsp3) is 0.533. The van der Waals surface area contributed by atoms with Gasteiger partial charge in [-0.2, -0.15) is 0 Å². The zero-order valence-electron chi connectivity index (χ0n) is 12.4. The van der Waals surface area contributed by atoms with E-state index in [9.17, 15) is 4.79 Å². The lowest BCUT2D eigenvalue weighted by Gasteiger charge is -2.14. The number of furan rings is 1. The summed E-state index contributed by atoms with van der Waals surface area (Å²) in [6, 6.07) is 1.59. The molecule has 0 radical (unpaired) electrons. The van der Waals surface area contributed by atoms with E-state index in [-0.39, 0.29) is 11.9 Å². The summed E-state index contributed by atoms with van der Waals surface area (Å²) in [5.41, 5.74) is 0.833. The first-order valence-electron chi connectivity index (χ1n) is 7.43. The Morgan fingerprint density at radius 2 is 2.24 bits per heavy atom. The molecule has 0 aliphatic carbocycles. The van der Waals surface area contributed by atoms with Crippen molar-refractivity contribution in [1.82, 2.24) is 20.1 Å². The van der Waals surface area contributed by atoms with E-state index in [1.807, 2.05) is 13.8 Å². The zero-order chi connectivity index (χ0) is 14.8. The molecule has 6 nitrogen and oxygen atoms in total. The highest BCUT2D eigenvalue weighted by atomic mass is 16.3. The van der Waals surface area contributed by atoms with E-state index in [1.54, 1.807) is 6.07 Å². The molecule has 1 aliphatic heterocycles. The fourth-order valence-corrected chi connectivity index (χ4v) is 2.76. The van der Waals surface area contributed by atoms with Crippen LogP contribution >= 0.6 is 0 Å². The van der Waals surface area contributed by atoms with Crippen molar-refractivity contribution in [2.45, 2.75) is 52.1 Å². The standard InChI is InChI=1S/C15H20N4O2/c1-10-7-9-21-13(10)15(20)16-11(2)14-18-17-12-6-4-3-5-8-19(12)14/h7,9,11H,3-6,8H2,1-2H3,(H,16,20)/t11-/m1/s1. The molecule has 1 amide bonds. The maximum absolute atomic E-state index is 12.2. The highest BCUT2D eigenvalue weighted by Crippen LogP contribution is 2.19. The van der Waals surface area contributed by atoms with Crippen molar-refractivity contribution in [3.63, 3.8) is 0 Å². The third-order valence-corrected chi connectivity index (χ3v) is 3.94. The van der Waals surface area contributed by atoms with Crippen LogP contribution in [-0.2, 0) is 13.0 Å². The molecule has 0 unspecified atom stereocenters. The molecule has 1 N–H and O–H groups in total. The van der Waals surface area contributed by atoms with E-state index in [1.165, 1.54) is 12.7 Å². The number of fused-ring (bicyclic) bond motifs is 1. The molecule has 1 atom stereocenters. The molecule has 0 saturated heterocycles. The van der Waals surface area contributed by atoms with E-state index in [0.29, 0.717) is 5.76 Å². The smallest absolute Gasteiger partial charge is 0.287 e. The summed E-state index contributed by atoms with van der Waals surface area (Å²) in [6.07, 6.45) is 6.00. The summed E-state index contributed by atoms with van der Waals surface area (Å²) in [5.74, 6) is 2.00. The first-order valence-corrected chi connectivity index (χ1v) is 7.43. The van der Waals surface area contributed by atoms with Crippen molar-refractivity contribution in [3.05, 3.63) is 35.3 Å². The van der Waals surface area contributed by atoms with Gasteiger partial charge in [-0.05, 0) is 32.8 Å². The number of rotatable bonds is 3. The summed E-state index contributed by atoms with van der Waals surface area (Å²) in [7, 11) is 0. The minimum atomic E-state index is -0.212. The normalized spacial score (nSPS) is 16.1. The van der Waals surface area contributed by atoms with Crippen LogP contribution in [0, 0.1) is 6.92 Å². The molecule has 0 saturated carbocycles. The van der Waals surface area contributed by atoms with Crippen LogP contribution in [0.1, 0.15) is 60.0 Å². The lowest BCUT2D eigenvalue weighted by molar-refractivity contribution is 0.0908. The van der Waals surface area contributed by atoms with Gasteiger partial charge in [0.25, 0.3) is 5.91 Å². The monoisotopic (exact) mass is 288 g/mol. The largest absolute Gasteiger partial charge is 0.459 e. The molecule has 6 heteroatoms. The Hall–Kier alpha value is -2.11. The molecule has 2 aromatic rings. The Morgan fingerprint density at radius 1 is 1.38 bits per heavy atom. The number of carbonyl (C=O) groups is 1. The van der Waals surface area contributed by atoms with Crippen LogP contribution in [0.5, 0.6) is 0 Å². The molecule has 112 valence electrons. The summed E-state index contributed by atoms with van der Waals surface area (Å²) in [6.45, 7) is 4.71. The van der Waals surface area contributed by atoms with Crippen LogP contribution in [0.3, 0.4) is 0 Å². The fourth-order valence-electron chi connectivity index (χ4n) is 2.76. The van der Waals surface area contributed by atoms with Gasteiger partial charge >= 0.3 is 0 Å². The molecule has 21 heavy (non-hydrogen) atoms. The Kier molecular flexibility index (Phi) is 3.77. The van der Waals surface area contributed by atoms with Crippen molar-refractivity contribution < 1.29 is 9.21 Å². The van der Waals surface area contributed by atoms with Gasteiger partial charge in [0.2, 0.25) is 0 Å². The van der Waals surface area contributed by atoms with Crippen molar-refractivity contribution in [1.29, 1.82) is 0 Å². The molecule has 3 rings (SSSR count). The summed E-state index contributed by atoms with van der Waals surface area (Å²) >= 11 is 0. The molecule has 1 aliphatic rings. The Balaban J connectivity index is 1.77. The Morgan fingerprint density at radius 3 is 3.00 bits per heavy atom. The maximum atomic E-state index is 12.2. The molecule has 0 spiro atoms. The summed E-state index contributed by atoms with van der Waals surface area (Å²) < 4.78 is 7.37. The number of nitrogens with zero attached hydrogens (tertiary/aromatic N) is 3. The molecule has 2 aromatic heterocycles. The summed E-state index contributed by atoms with van der Waals surface area (Å²) in [4.78, 5) is 12.2. The van der Waals surface area contributed by atoms with Gasteiger partial charge in [-0.25, -0.2) is 0 Å². The predicted octanol–water partition coefficient (Wildman–Crippen LogP) is 2.40. The first kappa shape index (κ1) is 13.9. The molecule has 0 bridgehead atoms. The van der Waals surface area contributed by atoms with Gasteiger partial charge in [0.15, 0.2) is 11.6 Å². The van der Waals surface area contributed by atoms with Crippen LogP contribution in [0.15, 0.2) is 16.7 Å². The minimum Gasteiger partial charge on any atom is -0.459 e. The molecule has 0 fully saturated rings. The second-order valence-corrected chi connectivity index (χ2v) is 5.56. The third kappa shape index (κ3) is 2.70. The maximum Gasteiger partial charge on any atom is 0.287 e. The number of hydrogen-bond donors (Lipinski definition) is 1. The van der Waals surface area contributed by atoms with Crippen LogP contribution < -0.4 is 5.32 Å². The number of aromatic nitrogens is 3. The zero-order valence-corrected chi connectivity index (χ0v) is 12.4. The van der Waals surface area contributed by atoms with E-state index >= 15 is 0 Å². The van der Waals surface area contributed by atoms with Gasteiger partial charge in [-0.15, -0.1) is 10.2 Å². The van der Waals surface area contributed by atoms with Crippen molar-refractivity contribution in [2.24, 2.45) is 0 Å². The lowest BCUT2D eigenvalue weighted by atomic mass is 10.2. The van der Waals surface area contributed by atoms with Crippen LogP contribution in [-0.4, -0.2) is 20.7 Å². The number of nitrogens with one attached hydrogen (secondary N) is 1. The van der Waals surface area contributed by atoms with E-state index in [0.717, 1.165) is 43.0 Å². The predicted molar refractivity (Wildman–Crippen MR) is 76.9 cm³/mol. The average Bonchev–Trinajstić information content (AvgIpc) is 2.99. The van der Waals surface area contributed by atoms with Gasteiger partial charge in [0, 0.05) is 18.5 Å². The Labute approximate surface area is 123 Å². The second kappa shape index (κ2) is 5.71. The molecule has 3 heterocycles. The summed E-state index contributed by atoms with van der Waals surface area (Å²) in [5, 5.41) is 11.5.